The number of hydrogen-bond acceptors (Lipinski definition) is 5. The molecule has 1 aliphatic heterocycles. The van der Waals surface area contributed by atoms with Gasteiger partial charge < -0.3 is 19.1 Å². The van der Waals surface area contributed by atoms with Crippen molar-refractivity contribution in [2.24, 2.45) is 0 Å². The van der Waals surface area contributed by atoms with E-state index < -0.39 is 0 Å². The number of nitriles is 1. The Kier molecular flexibility index (Phi) is 10.9. The van der Waals surface area contributed by atoms with Crippen molar-refractivity contribution in [3.63, 3.8) is 0 Å². The Morgan fingerprint density at radius 1 is 0.597 bits per heavy atom. The first kappa shape index (κ1) is 42.5. The first-order valence-electron chi connectivity index (χ1n) is 20.9. The summed E-state index contributed by atoms with van der Waals surface area (Å²) in [6.45, 7) is 22.1. The summed E-state index contributed by atoms with van der Waals surface area (Å²) in [4.78, 5) is 9.25. The number of ether oxygens (including phenoxy) is 1. The quantitative estimate of drug-likeness (QED) is 0.155. The van der Waals surface area contributed by atoms with Crippen LogP contribution in [0.15, 0.2) is 134 Å². The second kappa shape index (κ2) is 16.0. The molecule has 0 amide bonds. The van der Waals surface area contributed by atoms with Gasteiger partial charge in [-0.25, -0.2) is 4.98 Å². The Balaban J connectivity index is 0.00000529. The molecule has 9 rings (SSSR count). The van der Waals surface area contributed by atoms with Gasteiger partial charge in [0.1, 0.15) is 5.82 Å². The molecule has 0 aliphatic carbocycles. The van der Waals surface area contributed by atoms with Gasteiger partial charge in [0.25, 0.3) is 0 Å². The van der Waals surface area contributed by atoms with Crippen molar-refractivity contribution in [3.05, 3.63) is 175 Å². The predicted molar refractivity (Wildman–Crippen MR) is 250 cm³/mol. The van der Waals surface area contributed by atoms with E-state index in [0.717, 1.165) is 67.1 Å². The Hall–Kier alpha value is -6.15. The molecule has 3 heterocycles. The van der Waals surface area contributed by atoms with E-state index in [2.05, 4.69) is 199 Å². The van der Waals surface area contributed by atoms with Gasteiger partial charge in [-0.3, -0.25) is 0 Å². The van der Waals surface area contributed by atoms with Crippen LogP contribution >= 0.6 is 0 Å². The number of nitrogens with zero attached hydrogens (tertiary/aromatic N) is 5. The van der Waals surface area contributed by atoms with Crippen LogP contribution in [0.25, 0.3) is 38.8 Å². The molecule has 0 bridgehead atoms. The average Bonchev–Trinajstić information content (AvgIpc) is 3.79. The number of pyridine rings is 1. The molecular formula is C55H50N5OPt-3. The zero-order chi connectivity index (χ0) is 42.8. The van der Waals surface area contributed by atoms with Gasteiger partial charge in [0.2, 0.25) is 0 Å². The summed E-state index contributed by atoms with van der Waals surface area (Å²) in [5.41, 5.74) is 12.0. The van der Waals surface area contributed by atoms with Crippen molar-refractivity contribution in [1.29, 1.82) is 5.26 Å². The van der Waals surface area contributed by atoms with Gasteiger partial charge in [-0.2, -0.15) is 17.4 Å². The summed E-state index contributed by atoms with van der Waals surface area (Å²) < 4.78 is 8.78. The van der Waals surface area contributed by atoms with Crippen LogP contribution in [0.5, 0.6) is 11.5 Å². The topological polar surface area (TPSA) is 57.3 Å². The fraction of sp³-hybridized carbons (Fsp3) is 0.218. The van der Waals surface area contributed by atoms with Crippen molar-refractivity contribution >= 4 is 44.6 Å². The largest absolute Gasteiger partial charge is 0.509 e. The first-order valence-corrected chi connectivity index (χ1v) is 20.9. The van der Waals surface area contributed by atoms with Crippen LogP contribution < -0.4 is 14.5 Å². The van der Waals surface area contributed by atoms with Crippen molar-refractivity contribution in [2.75, 3.05) is 9.80 Å². The molecule has 1 aliphatic rings. The molecule has 7 heteroatoms. The molecule has 0 saturated carbocycles. The van der Waals surface area contributed by atoms with E-state index in [1.807, 2.05) is 36.5 Å². The van der Waals surface area contributed by atoms with Gasteiger partial charge in [0.05, 0.1) is 11.6 Å². The number of benzene rings is 6. The van der Waals surface area contributed by atoms with Crippen LogP contribution in [0, 0.1) is 30.1 Å². The fourth-order valence-electron chi connectivity index (χ4n) is 8.08. The smallest absolute Gasteiger partial charge is 0.135 e. The summed E-state index contributed by atoms with van der Waals surface area (Å²) >= 11 is 0. The van der Waals surface area contributed by atoms with E-state index in [0.29, 0.717) is 17.1 Å². The normalized spacial score (nSPS) is 13.0. The number of aromatic nitrogens is 2. The van der Waals surface area contributed by atoms with E-state index in [9.17, 15) is 5.26 Å². The summed E-state index contributed by atoms with van der Waals surface area (Å²) in [5, 5.41) is 12.2. The summed E-state index contributed by atoms with van der Waals surface area (Å²) in [6, 6.07) is 53.8. The molecule has 8 aromatic rings. The van der Waals surface area contributed by atoms with Gasteiger partial charge in [0, 0.05) is 61.3 Å². The monoisotopic (exact) mass is 991 g/mol. The number of hydrogen-bond donors (Lipinski definition) is 0. The van der Waals surface area contributed by atoms with E-state index in [4.69, 9.17) is 9.72 Å². The third-order valence-electron chi connectivity index (χ3n) is 11.6. The molecule has 0 atom stereocenters. The van der Waals surface area contributed by atoms with Gasteiger partial charge in [-0.05, 0) is 104 Å². The van der Waals surface area contributed by atoms with E-state index in [1.54, 1.807) is 0 Å². The van der Waals surface area contributed by atoms with Crippen LogP contribution in [0.3, 0.4) is 0 Å². The van der Waals surface area contributed by atoms with Crippen LogP contribution in [0.4, 0.5) is 22.7 Å². The van der Waals surface area contributed by atoms with Crippen molar-refractivity contribution in [3.8, 4) is 34.5 Å². The van der Waals surface area contributed by atoms with Crippen molar-refractivity contribution in [2.45, 2.75) is 78.6 Å². The minimum atomic E-state index is -0.121. The molecule has 0 fully saturated rings. The number of fused-ring (bicyclic) bond motifs is 4. The minimum absolute atomic E-state index is 0. The van der Waals surface area contributed by atoms with Gasteiger partial charge in [-0.1, -0.05) is 110 Å². The summed E-state index contributed by atoms with van der Waals surface area (Å²) in [7, 11) is 0. The Bertz CT molecular complexity index is 3030. The Morgan fingerprint density at radius 3 is 1.95 bits per heavy atom. The first-order chi connectivity index (χ1) is 29.0. The Labute approximate surface area is 380 Å². The zero-order valence-electron chi connectivity index (χ0n) is 36.7. The molecule has 0 saturated heterocycles. The maximum absolute atomic E-state index is 10.0. The maximum atomic E-state index is 10.0. The average molecular weight is 992 g/mol. The second-order valence-corrected chi connectivity index (χ2v) is 19.1. The zero-order valence-corrected chi connectivity index (χ0v) is 39.0. The molecule has 0 N–H and O–H groups in total. The third-order valence-corrected chi connectivity index (χ3v) is 11.6. The molecule has 0 radical (unpaired) electrons. The molecular weight excluding hydrogens is 942 g/mol. The number of para-hydroxylation sites is 3. The van der Waals surface area contributed by atoms with Gasteiger partial charge in [0.15, 0.2) is 0 Å². The third kappa shape index (κ3) is 8.03. The van der Waals surface area contributed by atoms with Crippen LogP contribution in [-0.2, 0) is 37.3 Å². The standard InChI is InChI=1S/C55H50N5O.Pt/c1-53(2,3)39-23-24-57-52(31-39)60-48-18-11-10-17-46(48)47-22-21-45(33-51(47)60)61-44-16-14-15-42(32-44)58-35-59(50-20-13-12-19-49(50)58)43-29-38(28-41(30-43)55(7,8)9)37-25-36(34-56)26-40(27-37)54(4,5)6;/h10-31,35H,1-9H3;/q-3;. The van der Waals surface area contributed by atoms with Crippen molar-refractivity contribution < 1.29 is 25.8 Å². The van der Waals surface area contributed by atoms with E-state index in [1.165, 1.54) is 11.1 Å². The SMILES string of the molecule is CC(C)(C)c1cc(C#N)cc(-c2cc(N3[CH-]N(c4[c-]c(Oc5[c-]c6c(cc5)c5ccccc5n6-c5cc(C(C)(C)C)ccn5)ccc4)c4ccccc43)cc(C(C)(C)C)c2)c1.[Pt]. The molecule has 0 unspecified atom stereocenters. The predicted octanol–water partition coefficient (Wildman–Crippen LogP) is 14.4. The second-order valence-electron chi connectivity index (χ2n) is 19.1. The molecule has 2 aromatic heterocycles. The molecule has 0 spiro atoms. The summed E-state index contributed by atoms with van der Waals surface area (Å²) in [6.07, 6.45) is 1.89. The number of rotatable bonds is 6. The molecule has 314 valence electrons. The maximum Gasteiger partial charge on any atom is 0.135 e. The summed E-state index contributed by atoms with van der Waals surface area (Å²) in [5.74, 6) is 2.02. The van der Waals surface area contributed by atoms with Crippen LogP contribution in [-0.4, -0.2) is 9.55 Å². The minimum Gasteiger partial charge on any atom is -0.509 e. The Morgan fingerprint density at radius 2 is 1.24 bits per heavy atom. The molecule has 6 aromatic carbocycles. The van der Waals surface area contributed by atoms with Gasteiger partial charge in [-0.15, -0.1) is 48.1 Å². The molecule has 62 heavy (non-hydrogen) atoms. The van der Waals surface area contributed by atoms with Crippen molar-refractivity contribution in [1.82, 2.24) is 9.55 Å². The fourth-order valence-corrected chi connectivity index (χ4v) is 8.08. The van der Waals surface area contributed by atoms with Crippen LogP contribution in [0.2, 0.25) is 0 Å². The molecule has 6 nitrogen and oxygen atoms in total. The van der Waals surface area contributed by atoms with Gasteiger partial charge >= 0.3 is 0 Å². The van der Waals surface area contributed by atoms with E-state index >= 15 is 0 Å². The number of anilines is 4. The van der Waals surface area contributed by atoms with Crippen LogP contribution in [0.1, 0.15) is 84.6 Å². The van der Waals surface area contributed by atoms with E-state index in [-0.39, 0.29) is 37.3 Å².